The lowest BCUT2D eigenvalue weighted by Crippen LogP contribution is -2.04. The van der Waals surface area contributed by atoms with Gasteiger partial charge in [0.05, 0.1) is 5.69 Å². The van der Waals surface area contributed by atoms with Crippen molar-refractivity contribution in [3.8, 4) is 0 Å². The summed E-state index contributed by atoms with van der Waals surface area (Å²) in [5.74, 6) is 0. The molecule has 0 aromatic heterocycles. The third-order valence-electron chi connectivity index (χ3n) is 1.89. The zero-order chi connectivity index (χ0) is 8.97. The first-order chi connectivity index (χ1) is 5.77. The van der Waals surface area contributed by atoms with Crippen molar-refractivity contribution in [2.45, 2.75) is 13.3 Å². The second-order valence-electron chi connectivity index (χ2n) is 2.79. The quantitative estimate of drug-likeness (QED) is 0.593. The van der Waals surface area contributed by atoms with E-state index in [0.29, 0.717) is 12.2 Å². The van der Waals surface area contributed by atoms with E-state index >= 15 is 0 Å². The highest BCUT2D eigenvalue weighted by molar-refractivity contribution is 5.46. The smallest absolute Gasteiger partial charge is 0.0604 e. The van der Waals surface area contributed by atoms with Crippen LogP contribution in [0, 0.1) is 6.92 Å². The van der Waals surface area contributed by atoms with Crippen molar-refractivity contribution in [1.82, 2.24) is 0 Å². The monoisotopic (exact) mass is 166 g/mol. The van der Waals surface area contributed by atoms with Gasteiger partial charge in [-0.15, -0.1) is 0 Å². The Morgan fingerprint density at radius 3 is 2.75 bits per heavy atom. The van der Waals surface area contributed by atoms with Crippen molar-refractivity contribution >= 4 is 5.69 Å². The van der Waals surface area contributed by atoms with Crippen molar-refractivity contribution in [2.75, 3.05) is 12.0 Å². The summed E-state index contributed by atoms with van der Waals surface area (Å²) >= 11 is 0. The van der Waals surface area contributed by atoms with E-state index in [2.05, 4.69) is 5.48 Å². The van der Waals surface area contributed by atoms with Crippen molar-refractivity contribution in [3.63, 3.8) is 0 Å². The fraction of sp³-hybridized carbons (Fsp3) is 0.333. The summed E-state index contributed by atoms with van der Waals surface area (Å²) in [5, 5.41) is 8.61. The summed E-state index contributed by atoms with van der Waals surface area (Å²) in [6, 6.07) is 5.70. The molecular formula is C9H14N2O. The van der Waals surface area contributed by atoms with Crippen LogP contribution in [0.2, 0.25) is 0 Å². The van der Waals surface area contributed by atoms with Crippen molar-refractivity contribution in [3.05, 3.63) is 29.3 Å². The predicted molar refractivity (Wildman–Crippen MR) is 49.3 cm³/mol. The van der Waals surface area contributed by atoms with E-state index in [0.717, 1.165) is 12.0 Å². The number of hydrogen-bond acceptors (Lipinski definition) is 3. The van der Waals surface area contributed by atoms with Gasteiger partial charge in [-0.05, 0) is 43.1 Å². The fourth-order valence-electron chi connectivity index (χ4n) is 1.20. The van der Waals surface area contributed by atoms with Crippen molar-refractivity contribution in [2.24, 2.45) is 5.73 Å². The zero-order valence-electron chi connectivity index (χ0n) is 7.17. The van der Waals surface area contributed by atoms with E-state index in [1.54, 1.807) is 0 Å². The Morgan fingerprint density at radius 2 is 2.25 bits per heavy atom. The van der Waals surface area contributed by atoms with Gasteiger partial charge >= 0.3 is 0 Å². The van der Waals surface area contributed by atoms with Crippen LogP contribution in [0.15, 0.2) is 18.2 Å². The highest BCUT2D eigenvalue weighted by Crippen LogP contribution is 2.14. The number of benzene rings is 1. The lowest BCUT2D eigenvalue weighted by Gasteiger charge is -2.05. The molecule has 0 atom stereocenters. The minimum absolute atomic E-state index is 0.659. The molecule has 0 unspecified atom stereocenters. The molecule has 1 rings (SSSR count). The van der Waals surface area contributed by atoms with E-state index in [4.69, 9.17) is 10.9 Å². The standard InChI is InChI=1S/C9H14N2O/c1-7-6-9(11-12)3-2-8(7)4-5-10/h2-3,6,11-12H,4-5,10H2,1H3. The Morgan fingerprint density at radius 1 is 1.50 bits per heavy atom. The lowest BCUT2D eigenvalue weighted by molar-refractivity contribution is 0.389. The second-order valence-corrected chi connectivity index (χ2v) is 2.79. The molecule has 0 aliphatic carbocycles. The Kier molecular flexibility index (Phi) is 3.08. The molecule has 12 heavy (non-hydrogen) atoms. The highest BCUT2D eigenvalue weighted by atomic mass is 16.5. The predicted octanol–water partition coefficient (Wildman–Crippen LogP) is 1.30. The molecule has 0 aliphatic rings. The Bertz CT molecular complexity index is 261. The topological polar surface area (TPSA) is 58.3 Å². The molecule has 1 aromatic rings. The summed E-state index contributed by atoms with van der Waals surface area (Å²) in [4.78, 5) is 0. The fourth-order valence-corrected chi connectivity index (χ4v) is 1.20. The molecule has 1 aromatic carbocycles. The van der Waals surface area contributed by atoms with Gasteiger partial charge in [0.15, 0.2) is 0 Å². The summed E-state index contributed by atoms with van der Waals surface area (Å²) < 4.78 is 0. The van der Waals surface area contributed by atoms with Gasteiger partial charge in [0, 0.05) is 0 Å². The van der Waals surface area contributed by atoms with Crippen LogP contribution in [0.4, 0.5) is 5.69 Å². The molecule has 0 bridgehead atoms. The molecule has 0 saturated heterocycles. The van der Waals surface area contributed by atoms with E-state index in [1.807, 2.05) is 25.1 Å². The van der Waals surface area contributed by atoms with Gasteiger partial charge in [-0.2, -0.15) is 0 Å². The molecule has 0 spiro atoms. The largest absolute Gasteiger partial charge is 0.330 e. The summed E-state index contributed by atoms with van der Waals surface area (Å²) in [7, 11) is 0. The van der Waals surface area contributed by atoms with Crippen LogP contribution < -0.4 is 11.2 Å². The van der Waals surface area contributed by atoms with Crippen LogP contribution in [0.1, 0.15) is 11.1 Å². The molecule has 0 heterocycles. The average molecular weight is 166 g/mol. The van der Waals surface area contributed by atoms with Gasteiger partial charge in [0.2, 0.25) is 0 Å². The summed E-state index contributed by atoms with van der Waals surface area (Å²) in [6.45, 7) is 2.67. The van der Waals surface area contributed by atoms with Crippen LogP contribution in [-0.4, -0.2) is 11.8 Å². The maximum absolute atomic E-state index is 8.61. The van der Waals surface area contributed by atoms with Gasteiger partial charge in [-0.25, -0.2) is 0 Å². The molecule has 0 fully saturated rings. The maximum atomic E-state index is 8.61. The van der Waals surface area contributed by atoms with Crippen LogP contribution in [0.3, 0.4) is 0 Å². The van der Waals surface area contributed by atoms with Gasteiger partial charge in [0.1, 0.15) is 0 Å². The second kappa shape index (κ2) is 4.09. The number of aryl methyl sites for hydroxylation is 1. The molecule has 66 valence electrons. The Labute approximate surface area is 72.2 Å². The van der Waals surface area contributed by atoms with E-state index in [9.17, 15) is 0 Å². The van der Waals surface area contributed by atoms with Gasteiger partial charge in [-0.1, -0.05) is 6.07 Å². The molecule has 0 amide bonds. The van der Waals surface area contributed by atoms with Crippen LogP contribution in [0.5, 0.6) is 0 Å². The summed E-state index contributed by atoms with van der Waals surface area (Å²) in [6.07, 6.45) is 0.886. The lowest BCUT2D eigenvalue weighted by atomic mass is 10.1. The Hall–Kier alpha value is -1.06. The van der Waals surface area contributed by atoms with Crippen LogP contribution in [0.25, 0.3) is 0 Å². The molecule has 3 nitrogen and oxygen atoms in total. The normalized spacial score (nSPS) is 9.92. The van der Waals surface area contributed by atoms with Crippen molar-refractivity contribution < 1.29 is 5.21 Å². The van der Waals surface area contributed by atoms with Crippen molar-refractivity contribution in [1.29, 1.82) is 0 Å². The third kappa shape index (κ3) is 1.96. The average Bonchev–Trinajstić information content (AvgIpc) is 2.09. The molecule has 0 radical (unpaired) electrons. The van der Waals surface area contributed by atoms with E-state index in [1.165, 1.54) is 5.56 Å². The van der Waals surface area contributed by atoms with Crippen LogP contribution in [-0.2, 0) is 6.42 Å². The number of anilines is 1. The maximum Gasteiger partial charge on any atom is 0.0604 e. The highest BCUT2D eigenvalue weighted by Gasteiger charge is 1.97. The number of nitrogens with two attached hydrogens (primary N) is 1. The zero-order valence-corrected chi connectivity index (χ0v) is 7.17. The van der Waals surface area contributed by atoms with E-state index in [-0.39, 0.29) is 0 Å². The van der Waals surface area contributed by atoms with Gasteiger partial charge in [0.25, 0.3) is 0 Å². The minimum atomic E-state index is 0.659. The Balaban J connectivity index is 2.87. The minimum Gasteiger partial charge on any atom is -0.330 e. The molecular weight excluding hydrogens is 152 g/mol. The third-order valence-corrected chi connectivity index (χ3v) is 1.89. The first-order valence-corrected chi connectivity index (χ1v) is 3.97. The van der Waals surface area contributed by atoms with E-state index < -0.39 is 0 Å². The molecule has 0 aliphatic heterocycles. The first-order valence-electron chi connectivity index (χ1n) is 3.97. The molecule has 4 N–H and O–H groups in total. The van der Waals surface area contributed by atoms with Gasteiger partial charge in [-0.3, -0.25) is 10.7 Å². The molecule has 3 heteroatoms. The number of nitrogens with one attached hydrogen (secondary N) is 1. The number of rotatable bonds is 3. The number of hydrogen-bond donors (Lipinski definition) is 3. The van der Waals surface area contributed by atoms with Crippen LogP contribution >= 0.6 is 0 Å². The SMILES string of the molecule is Cc1cc(NO)ccc1CCN. The van der Waals surface area contributed by atoms with Gasteiger partial charge < -0.3 is 5.73 Å². The first kappa shape index (κ1) is 9.03. The molecule has 0 saturated carbocycles. The summed E-state index contributed by atoms with van der Waals surface area (Å²) in [5.41, 5.74) is 10.6.